The van der Waals surface area contributed by atoms with Gasteiger partial charge in [-0.3, -0.25) is 4.79 Å². The molecule has 1 amide bonds. The number of thiophene rings is 1. The second-order valence-corrected chi connectivity index (χ2v) is 3.99. The monoisotopic (exact) mass is 225 g/mol. The van der Waals surface area contributed by atoms with E-state index in [1.807, 2.05) is 0 Å². The Labute approximate surface area is 91.4 Å². The van der Waals surface area contributed by atoms with E-state index >= 15 is 0 Å². The Hall–Kier alpha value is -1.62. The number of hydrogen-bond acceptors (Lipinski definition) is 3. The first-order valence-electron chi connectivity index (χ1n) is 4.22. The van der Waals surface area contributed by atoms with Crippen molar-refractivity contribution in [1.82, 2.24) is 4.90 Å². The zero-order chi connectivity index (χ0) is 11.4. The molecule has 0 atom stereocenters. The fourth-order valence-electron chi connectivity index (χ4n) is 0.988. The van der Waals surface area contributed by atoms with Crippen LogP contribution in [-0.4, -0.2) is 36.0 Å². The Bertz CT molecular complexity index is 407. The van der Waals surface area contributed by atoms with Gasteiger partial charge in [0, 0.05) is 20.2 Å². The van der Waals surface area contributed by atoms with Crippen LogP contribution < -0.4 is 0 Å². The van der Waals surface area contributed by atoms with Gasteiger partial charge in [0.05, 0.1) is 4.88 Å². The van der Waals surface area contributed by atoms with E-state index in [2.05, 4.69) is 0 Å². The molecule has 1 rings (SSSR count). The van der Waals surface area contributed by atoms with Crippen molar-refractivity contribution in [3.8, 4) is 0 Å². The summed E-state index contributed by atoms with van der Waals surface area (Å²) in [6, 6.07) is 1.72. The summed E-state index contributed by atoms with van der Waals surface area (Å²) < 4.78 is 0. The second-order valence-electron chi connectivity index (χ2n) is 3.08. The van der Waals surface area contributed by atoms with Gasteiger partial charge in [-0.2, -0.15) is 0 Å². The lowest BCUT2D eigenvalue weighted by Crippen LogP contribution is -2.21. The average molecular weight is 225 g/mol. The van der Waals surface area contributed by atoms with Gasteiger partial charge in [0.2, 0.25) is 0 Å². The molecule has 0 aliphatic heterocycles. The predicted octanol–water partition coefficient (Wildman–Crippen LogP) is 1.55. The highest BCUT2D eigenvalue weighted by molar-refractivity contribution is 7.12. The molecule has 0 saturated carbocycles. The Morgan fingerprint density at radius 1 is 1.47 bits per heavy atom. The number of amides is 1. The maximum atomic E-state index is 11.6. The van der Waals surface area contributed by atoms with Crippen molar-refractivity contribution in [2.24, 2.45) is 0 Å². The molecule has 4 nitrogen and oxygen atoms in total. The number of carboxylic acid groups (broad SMARTS) is 1. The fourth-order valence-corrected chi connectivity index (χ4v) is 1.89. The van der Waals surface area contributed by atoms with Gasteiger partial charge in [0.25, 0.3) is 5.91 Å². The highest BCUT2D eigenvalue weighted by atomic mass is 32.1. The molecule has 0 fully saturated rings. The third-order valence-corrected chi connectivity index (χ3v) is 2.62. The average Bonchev–Trinajstić information content (AvgIpc) is 2.60. The van der Waals surface area contributed by atoms with Crippen LogP contribution in [0.25, 0.3) is 6.08 Å². The molecule has 1 aromatic rings. The topological polar surface area (TPSA) is 57.6 Å². The zero-order valence-electron chi connectivity index (χ0n) is 8.43. The minimum absolute atomic E-state index is 0.116. The molecule has 0 spiro atoms. The van der Waals surface area contributed by atoms with Crippen LogP contribution in [0.3, 0.4) is 0 Å². The summed E-state index contributed by atoms with van der Waals surface area (Å²) in [4.78, 5) is 24.0. The van der Waals surface area contributed by atoms with Gasteiger partial charge >= 0.3 is 5.97 Å². The maximum Gasteiger partial charge on any atom is 0.328 e. The van der Waals surface area contributed by atoms with E-state index in [1.54, 1.807) is 25.5 Å². The molecular weight excluding hydrogens is 214 g/mol. The molecule has 0 aliphatic rings. The molecule has 5 heteroatoms. The van der Waals surface area contributed by atoms with E-state index in [1.165, 1.54) is 22.3 Å². The largest absolute Gasteiger partial charge is 0.478 e. The van der Waals surface area contributed by atoms with Crippen LogP contribution in [0.4, 0.5) is 0 Å². The molecule has 0 bridgehead atoms. The zero-order valence-corrected chi connectivity index (χ0v) is 9.25. The Morgan fingerprint density at radius 3 is 2.67 bits per heavy atom. The highest BCUT2D eigenvalue weighted by Gasteiger charge is 2.13. The van der Waals surface area contributed by atoms with E-state index in [0.29, 0.717) is 10.4 Å². The van der Waals surface area contributed by atoms with Crippen molar-refractivity contribution < 1.29 is 14.7 Å². The third kappa shape index (κ3) is 2.92. The van der Waals surface area contributed by atoms with Crippen LogP contribution >= 0.6 is 11.3 Å². The summed E-state index contributed by atoms with van der Waals surface area (Å²) in [6.45, 7) is 0. The van der Waals surface area contributed by atoms with E-state index in [4.69, 9.17) is 5.11 Å². The maximum absolute atomic E-state index is 11.6. The standard InChI is InChI=1S/C10H11NO3S/c1-11(2)10(14)9-7(5-6-15-9)3-4-8(12)13/h3-6H,1-2H3,(H,12,13). The van der Waals surface area contributed by atoms with Crippen LogP contribution in [0.5, 0.6) is 0 Å². The molecular formula is C10H11NO3S. The summed E-state index contributed by atoms with van der Waals surface area (Å²) in [5.41, 5.74) is 0.640. The van der Waals surface area contributed by atoms with Gasteiger partial charge in [0.1, 0.15) is 0 Å². The van der Waals surface area contributed by atoms with Crippen molar-refractivity contribution in [2.45, 2.75) is 0 Å². The molecule has 1 heterocycles. The molecule has 15 heavy (non-hydrogen) atoms. The Kier molecular flexibility index (Phi) is 3.62. The summed E-state index contributed by atoms with van der Waals surface area (Å²) in [5, 5.41) is 10.2. The number of nitrogens with zero attached hydrogens (tertiary/aromatic N) is 1. The van der Waals surface area contributed by atoms with Crippen LogP contribution in [0, 0.1) is 0 Å². The van der Waals surface area contributed by atoms with Crippen molar-refractivity contribution in [3.05, 3.63) is 28.0 Å². The molecule has 0 radical (unpaired) electrons. The van der Waals surface area contributed by atoms with Crippen LogP contribution in [0.15, 0.2) is 17.5 Å². The summed E-state index contributed by atoms with van der Waals surface area (Å²) in [5.74, 6) is -1.14. The van der Waals surface area contributed by atoms with Crippen LogP contribution in [-0.2, 0) is 4.79 Å². The number of carbonyl (C=O) groups excluding carboxylic acids is 1. The normalized spacial score (nSPS) is 10.5. The quantitative estimate of drug-likeness (QED) is 0.794. The number of aliphatic carboxylic acids is 1. The second kappa shape index (κ2) is 4.75. The minimum atomic E-state index is -1.02. The van der Waals surface area contributed by atoms with E-state index < -0.39 is 5.97 Å². The molecule has 0 unspecified atom stereocenters. The first kappa shape index (κ1) is 11.5. The molecule has 1 N–H and O–H groups in total. The van der Waals surface area contributed by atoms with Crippen molar-refractivity contribution in [2.75, 3.05) is 14.1 Å². The Balaban J connectivity index is 2.96. The van der Waals surface area contributed by atoms with Gasteiger partial charge in [-0.1, -0.05) is 0 Å². The van der Waals surface area contributed by atoms with Gasteiger partial charge in [0.15, 0.2) is 0 Å². The summed E-state index contributed by atoms with van der Waals surface area (Å²) in [6.07, 6.45) is 2.45. The van der Waals surface area contributed by atoms with Crippen molar-refractivity contribution in [3.63, 3.8) is 0 Å². The first-order chi connectivity index (χ1) is 7.02. The number of carboxylic acids is 1. The van der Waals surface area contributed by atoms with E-state index in [-0.39, 0.29) is 5.91 Å². The lowest BCUT2D eigenvalue weighted by atomic mass is 10.2. The minimum Gasteiger partial charge on any atom is -0.478 e. The lowest BCUT2D eigenvalue weighted by molar-refractivity contribution is -0.131. The summed E-state index contributed by atoms with van der Waals surface area (Å²) in [7, 11) is 3.32. The number of hydrogen-bond donors (Lipinski definition) is 1. The van der Waals surface area contributed by atoms with Gasteiger partial charge in [-0.25, -0.2) is 4.79 Å². The SMILES string of the molecule is CN(C)C(=O)c1sccc1C=CC(=O)O. The molecule has 80 valence electrons. The lowest BCUT2D eigenvalue weighted by Gasteiger charge is -2.08. The number of carbonyl (C=O) groups is 2. The van der Waals surface area contributed by atoms with E-state index in [0.717, 1.165) is 6.08 Å². The molecule has 0 saturated heterocycles. The molecule has 0 aliphatic carbocycles. The molecule has 1 aromatic heterocycles. The fraction of sp³-hybridized carbons (Fsp3) is 0.200. The highest BCUT2D eigenvalue weighted by Crippen LogP contribution is 2.19. The van der Waals surface area contributed by atoms with Crippen molar-refractivity contribution in [1.29, 1.82) is 0 Å². The molecule has 0 aromatic carbocycles. The van der Waals surface area contributed by atoms with E-state index in [9.17, 15) is 9.59 Å². The number of rotatable bonds is 3. The Morgan fingerprint density at radius 2 is 2.13 bits per heavy atom. The smallest absolute Gasteiger partial charge is 0.328 e. The van der Waals surface area contributed by atoms with Gasteiger partial charge in [-0.15, -0.1) is 11.3 Å². The summed E-state index contributed by atoms with van der Waals surface area (Å²) >= 11 is 1.30. The van der Waals surface area contributed by atoms with Crippen molar-refractivity contribution >= 4 is 29.3 Å². The van der Waals surface area contributed by atoms with Crippen LogP contribution in [0.1, 0.15) is 15.2 Å². The third-order valence-electron chi connectivity index (χ3n) is 1.70. The first-order valence-corrected chi connectivity index (χ1v) is 5.10. The van der Waals surface area contributed by atoms with Gasteiger partial charge in [-0.05, 0) is 23.1 Å². The van der Waals surface area contributed by atoms with Gasteiger partial charge < -0.3 is 10.0 Å². The predicted molar refractivity (Wildman–Crippen MR) is 59.0 cm³/mol. The van der Waals surface area contributed by atoms with Crippen LogP contribution in [0.2, 0.25) is 0 Å².